The highest BCUT2D eigenvalue weighted by Gasteiger charge is 2.15. The van der Waals surface area contributed by atoms with Gasteiger partial charge in [-0.15, -0.1) is 0 Å². The first-order chi connectivity index (χ1) is 18.8. The van der Waals surface area contributed by atoms with Crippen LogP contribution in [-0.4, -0.2) is 9.97 Å². The summed E-state index contributed by atoms with van der Waals surface area (Å²) in [5, 5.41) is 10.1. The Hall–Kier alpha value is -5.08. The minimum atomic E-state index is 0.902. The van der Waals surface area contributed by atoms with Crippen LogP contribution in [0.3, 0.4) is 0 Å². The van der Waals surface area contributed by atoms with Crippen molar-refractivity contribution in [1.82, 2.24) is 9.97 Å². The summed E-state index contributed by atoms with van der Waals surface area (Å²) >= 11 is 0. The van der Waals surface area contributed by atoms with Crippen molar-refractivity contribution in [1.29, 1.82) is 0 Å². The molecule has 8 aromatic rings. The average Bonchev–Trinajstić information content (AvgIpc) is 3.00. The maximum absolute atomic E-state index is 5.11. The highest BCUT2D eigenvalue weighted by Crippen LogP contribution is 2.38. The van der Waals surface area contributed by atoms with Gasteiger partial charge in [0.05, 0.1) is 22.4 Å². The van der Waals surface area contributed by atoms with E-state index in [0.717, 1.165) is 33.5 Å². The number of fused-ring (bicyclic) bond motifs is 8. The molecule has 2 nitrogen and oxygen atoms in total. The molecule has 0 aliphatic rings. The van der Waals surface area contributed by atoms with Crippen LogP contribution in [0.2, 0.25) is 0 Å². The van der Waals surface area contributed by atoms with E-state index in [1.165, 1.54) is 43.1 Å². The average molecular weight is 483 g/mol. The van der Waals surface area contributed by atoms with Gasteiger partial charge in [-0.3, -0.25) is 0 Å². The molecule has 7 aromatic carbocycles. The number of hydrogen-bond donors (Lipinski definition) is 0. The summed E-state index contributed by atoms with van der Waals surface area (Å²) < 4.78 is 0. The second-order valence-electron chi connectivity index (χ2n) is 9.82. The topological polar surface area (TPSA) is 25.8 Å². The molecule has 0 radical (unpaired) electrons. The predicted octanol–water partition coefficient (Wildman–Crippen LogP) is 9.58. The molecule has 2 heteroatoms. The van der Waals surface area contributed by atoms with Gasteiger partial charge in [0.25, 0.3) is 0 Å². The fourth-order valence-corrected chi connectivity index (χ4v) is 5.80. The standard InChI is InChI=1S/C36H22N2/c1-2-9-25(10-3-1)35-36(38-33-13-7-6-12-32(33)37-35)27-18-19-29-26(22-27)15-14-24-17-20-30-28-11-5-4-8-23(28)16-21-31(30)34(24)29/h1-22H. The lowest BCUT2D eigenvalue weighted by atomic mass is 9.92. The van der Waals surface area contributed by atoms with Gasteiger partial charge in [-0.05, 0) is 61.3 Å². The number of aromatic nitrogens is 2. The maximum Gasteiger partial charge on any atom is 0.0973 e. The van der Waals surface area contributed by atoms with Gasteiger partial charge in [-0.2, -0.15) is 0 Å². The molecule has 38 heavy (non-hydrogen) atoms. The quantitative estimate of drug-likeness (QED) is 0.229. The van der Waals surface area contributed by atoms with Crippen LogP contribution in [0.5, 0.6) is 0 Å². The van der Waals surface area contributed by atoms with Gasteiger partial charge < -0.3 is 0 Å². The molecule has 0 saturated carbocycles. The van der Waals surface area contributed by atoms with Crippen LogP contribution in [0.15, 0.2) is 133 Å². The van der Waals surface area contributed by atoms with Crippen molar-refractivity contribution in [2.45, 2.75) is 0 Å². The van der Waals surface area contributed by atoms with E-state index in [1.54, 1.807) is 0 Å². The van der Waals surface area contributed by atoms with Crippen LogP contribution in [0.25, 0.3) is 76.6 Å². The minimum Gasteiger partial charge on any atom is -0.244 e. The molecule has 1 heterocycles. The molecule has 0 N–H and O–H groups in total. The molecule has 0 atom stereocenters. The summed E-state index contributed by atoms with van der Waals surface area (Å²) in [6, 6.07) is 47.3. The van der Waals surface area contributed by atoms with E-state index in [1.807, 2.05) is 30.3 Å². The van der Waals surface area contributed by atoms with Crippen molar-refractivity contribution in [3.63, 3.8) is 0 Å². The SMILES string of the molecule is c1ccc(-c2nc3ccccc3nc2-c2ccc3c(ccc4ccc5c6ccccc6ccc5c43)c2)cc1. The molecule has 0 aliphatic heterocycles. The van der Waals surface area contributed by atoms with E-state index < -0.39 is 0 Å². The first-order valence-electron chi connectivity index (χ1n) is 12.9. The normalized spacial score (nSPS) is 11.7. The molecule has 0 saturated heterocycles. The zero-order valence-electron chi connectivity index (χ0n) is 20.6. The first kappa shape index (κ1) is 21.0. The second-order valence-corrected chi connectivity index (χ2v) is 9.82. The van der Waals surface area contributed by atoms with Crippen molar-refractivity contribution in [2.75, 3.05) is 0 Å². The van der Waals surface area contributed by atoms with Gasteiger partial charge in [-0.1, -0.05) is 115 Å². The lowest BCUT2D eigenvalue weighted by Gasteiger charge is -2.13. The van der Waals surface area contributed by atoms with Crippen LogP contribution in [0, 0.1) is 0 Å². The zero-order valence-corrected chi connectivity index (χ0v) is 20.6. The van der Waals surface area contributed by atoms with E-state index in [0.29, 0.717) is 0 Å². The third-order valence-corrected chi connectivity index (χ3v) is 7.61. The van der Waals surface area contributed by atoms with Gasteiger partial charge in [0, 0.05) is 11.1 Å². The summed E-state index contributed by atoms with van der Waals surface area (Å²) in [7, 11) is 0. The second kappa shape index (κ2) is 8.22. The van der Waals surface area contributed by atoms with Crippen molar-refractivity contribution in [3.05, 3.63) is 133 Å². The Kier molecular flexibility index (Phi) is 4.55. The van der Waals surface area contributed by atoms with E-state index in [4.69, 9.17) is 9.97 Å². The number of rotatable bonds is 2. The Morgan fingerprint density at radius 2 is 0.947 bits per heavy atom. The molecule has 0 unspecified atom stereocenters. The molecular formula is C36H22N2. The molecule has 0 amide bonds. The van der Waals surface area contributed by atoms with Gasteiger partial charge >= 0.3 is 0 Å². The van der Waals surface area contributed by atoms with Gasteiger partial charge in [0.2, 0.25) is 0 Å². The molecule has 0 bridgehead atoms. The van der Waals surface area contributed by atoms with E-state index in [9.17, 15) is 0 Å². The van der Waals surface area contributed by atoms with Crippen LogP contribution < -0.4 is 0 Å². The van der Waals surface area contributed by atoms with Crippen LogP contribution in [-0.2, 0) is 0 Å². The molecule has 0 spiro atoms. The Balaban J connectivity index is 1.40. The molecule has 8 rings (SSSR count). The fraction of sp³-hybridized carbons (Fsp3) is 0. The Labute approximate surface area is 219 Å². The van der Waals surface area contributed by atoms with Gasteiger partial charge in [0.1, 0.15) is 0 Å². The molecule has 1 aromatic heterocycles. The highest BCUT2D eigenvalue weighted by atomic mass is 14.8. The van der Waals surface area contributed by atoms with Gasteiger partial charge in [-0.25, -0.2) is 9.97 Å². The van der Waals surface area contributed by atoms with E-state index in [2.05, 4.69) is 103 Å². The van der Waals surface area contributed by atoms with Crippen molar-refractivity contribution >= 4 is 54.1 Å². The molecule has 0 aliphatic carbocycles. The summed E-state index contributed by atoms with van der Waals surface area (Å²) in [6.07, 6.45) is 0. The lowest BCUT2D eigenvalue weighted by Crippen LogP contribution is -1.95. The fourth-order valence-electron chi connectivity index (χ4n) is 5.80. The predicted molar refractivity (Wildman–Crippen MR) is 160 cm³/mol. The smallest absolute Gasteiger partial charge is 0.0973 e. The molecule has 0 fully saturated rings. The zero-order chi connectivity index (χ0) is 25.1. The summed E-state index contributed by atoms with van der Waals surface area (Å²) in [4.78, 5) is 10.2. The van der Waals surface area contributed by atoms with E-state index in [-0.39, 0.29) is 0 Å². The first-order valence-corrected chi connectivity index (χ1v) is 12.9. The van der Waals surface area contributed by atoms with Crippen molar-refractivity contribution in [2.24, 2.45) is 0 Å². The summed E-state index contributed by atoms with van der Waals surface area (Å²) in [5.41, 5.74) is 5.75. The van der Waals surface area contributed by atoms with E-state index >= 15 is 0 Å². The van der Waals surface area contributed by atoms with Crippen LogP contribution >= 0.6 is 0 Å². The number of nitrogens with zero attached hydrogens (tertiary/aromatic N) is 2. The Morgan fingerprint density at radius 1 is 0.342 bits per heavy atom. The maximum atomic E-state index is 5.11. The largest absolute Gasteiger partial charge is 0.244 e. The van der Waals surface area contributed by atoms with Crippen molar-refractivity contribution in [3.8, 4) is 22.5 Å². The molecular weight excluding hydrogens is 460 g/mol. The third kappa shape index (κ3) is 3.21. The number of hydrogen-bond acceptors (Lipinski definition) is 2. The lowest BCUT2D eigenvalue weighted by molar-refractivity contribution is 1.29. The van der Waals surface area contributed by atoms with Crippen LogP contribution in [0.4, 0.5) is 0 Å². The minimum absolute atomic E-state index is 0.902. The third-order valence-electron chi connectivity index (χ3n) is 7.61. The Bertz CT molecular complexity index is 2180. The van der Waals surface area contributed by atoms with Crippen molar-refractivity contribution < 1.29 is 0 Å². The highest BCUT2D eigenvalue weighted by molar-refractivity contribution is 6.24. The molecule has 176 valence electrons. The monoisotopic (exact) mass is 482 g/mol. The van der Waals surface area contributed by atoms with Crippen LogP contribution in [0.1, 0.15) is 0 Å². The summed E-state index contributed by atoms with van der Waals surface area (Å²) in [5.74, 6) is 0. The summed E-state index contributed by atoms with van der Waals surface area (Å²) in [6.45, 7) is 0. The Morgan fingerprint density at radius 3 is 1.79 bits per heavy atom. The van der Waals surface area contributed by atoms with Gasteiger partial charge in [0.15, 0.2) is 0 Å². The number of benzene rings is 7. The number of para-hydroxylation sites is 2.